The Bertz CT molecular complexity index is 419. The van der Waals surface area contributed by atoms with Gasteiger partial charge in [-0.1, -0.05) is 6.92 Å². The number of hydrogen-bond acceptors (Lipinski definition) is 5. The van der Waals surface area contributed by atoms with Crippen LogP contribution in [0.2, 0.25) is 0 Å². The van der Waals surface area contributed by atoms with Gasteiger partial charge in [-0.15, -0.1) is 11.3 Å². The number of hydrogen-bond donors (Lipinski definition) is 3. The van der Waals surface area contributed by atoms with E-state index in [0.717, 1.165) is 13.0 Å². The molecule has 0 aromatic carbocycles. The topological polar surface area (TPSA) is 91.3 Å². The molecule has 1 aromatic heterocycles. The lowest BCUT2D eigenvalue weighted by Gasteiger charge is -2.11. The van der Waals surface area contributed by atoms with Gasteiger partial charge in [-0.05, 0) is 19.9 Å². The highest BCUT2D eigenvalue weighted by atomic mass is 32.1. The summed E-state index contributed by atoms with van der Waals surface area (Å²) in [5.74, 6) is -1.18. The summed E-state index contributed by atoms with van der Waals surface area (Å²) in [6, 6.07) is -0.279. The Balaban J connectivity index is 2.46. The molecular weight excluding hydrogens is 254 g/mol. The van der Waals surface area contributed by atoms with E-state index in [-0.39, 0.29) is 24.2 Å². The number of aromatic carboxylic acids is 1. The van der Waals surface area contributed by atoms with E-state index in [0.29, 0.717) is 5.01 Å². The summed E-state index contributed by atoms with van der Waals surface area (Å²) in [4.78, 5) is 26.2. The molecule has 0 aliphatic carbocycles. The molecule has 100 valence electrons. The van der Waals surface area contributed by atoms with Gasteiger partial charge >= 0.3 is 5.97 Å². The third kappa shape index (κ3) is 4.42. The Morgan fingerprint density at radius 3 is 2.83 bits per heavy atom. The highest BCUT2D eigenvalue weighted by Gasteiger charge is 2.15. The van der Waals surface area contributed by atoms with Crippen molar-refractivity contribution in [2.75, 3.05) is 13.1 Å². The number of carbonyl (C=O) groups is 2. The maximum absolute atomic E-state index is 11.5. The summed E-state index contributed by atoms with van der Waals surface area (Å²) in [5, 5.41) is 16.6. The maximum atomic E-state index is 11.5. The fourth-order valence-electron chi connectivity index (χ4n) is 1.32. The Hall–Kier alpha value is -1.47. The second-order valence-corrected chi connectivity index (χ2v) is 4.73. The fraction of sp³-hybridized carbons (Fsp3) is 0.545. The van der Waals surface area contributed by atoms with Crippen molar-refractivity contribution in [1.29, 1.82) is 0 Å². The molecule has 0 radical (unpaired) electrons. The van der Waals surface area contributed by atoms with Crippen molar-refractivity contribution in [3.63, 3.8) is 0 Å². The van der Waals surface area contributed by atoms with E-state index in [1.165, 1.54) is 16.7 Å². The number of carbonyl (C=O) groups excluding carboxylic acids is 1. The lowest BCUT2D eigenvalue weighted by Crippen LogP contribution is -2.35. The van der Waals surface area contributed by atoms with E-state index in [1.807, 2.05) is 6.92 Å². The molecule has 7 heteroatoms. The molecule has 1 heterocycles. The average Bonchev–Trinajstić information content (AvgIpc) is 2.78. The largest absolute Gasteiger partial charge is 0.476 e. The van der Waals surface area contributed by atoms with Crippen LogP contribution in [0.5, 0.6) is 0 Å². The first-order valence-corrected chi connectivity index (χ1v) is 6.61. The number of nitrogens with zero attached hydrogens (tertiary/aromatic N) is 1. The third-order valence-electron chi connectivity index (χ3n) is 2.20. The van der Waals surface area contributed by atoms with Crippen molar-refractivity contribution >= 4 is 23.2 Å². The van der Waals surface area contributed by atoms with Crippen LogP contribution in [0.15, 0.2) is 5.38 Å². The van der Waals surface area contributed by atoms with Crippen molar-refractivity contribution in [3.8, 4) is 0 Å². The van der Waals surface area contributed by atoms with E-state index >= 15 is 0 Å². The van der Waals surface area contributed by atoms with Gasteiger partial charge in [0.05, 0.1) is 12.6 Å². The Morgan fingerprint density at radius 1 is 1.56 bits per heavy atom. The number of carboxylic acids is 1. The summed E-state index contributed by atoms with van der Waals surface area (Å²) in [6.45, 7) is 4.86. The van der Waals surface area contributed by atoms with Crippen LogP contribution in [-0.4, -0.2) is 35.1 Å². The average molecular weight is 271 g/mol. The number of carboxylic acid groups (broad SMARTS) is 1. The van der Waals surface area contributed by atoms with Crippen LogP contribution in [0, 0.1) is 0 Å². The third-order valence-corrected chi connectivity index (χ3v) is 3.23. The van der Waals surface area contributed by atoms with Gasteiger partial charge in [-0.2, -0.15) is 0 Å². The zero-order valence-corrected chi connectivity index (χ0v) is 11.2. The molecule has 0 aliphatic heterocycles. The molecule has 0 saturated carbocycles. The minimum Gasteiger partial charge on any atom is -0.476 e. The molecule has 18 heavy (non-hydrogen) atoms. The molecule has 0 saturated heterocycles. The number of thiazole rings is 1. The minimum absolute atomic E-state index is 0.0141. The highest BCUT2D eigenvalue weighted by molar-refractivity contribution is 7.09. The van der Waals surface area contributed by atoms with Gasteiger partial charge in [0, 0.05) is 5.38 Å². The molecule has 0 bridgehead atoms. The molecule has 3 N–H and O–H groups in total. The van der Waals surface area contributed by atoms with Gasteiger partial charge in [0.15, 0.2) is 5.69 Å². The summed E-state index contributed by atoms with van der Waals surface area (Å²) in [7, 11) is 0. The Kier molecular flexibility index (Phi) is 5.73. The van der Waals surface area contributed by atoms with Crippen molar-refractivity contribution < 1.29 is 14.7 Å². The van der Waals surface area contributed by atoms with Crippen LogP contribution in [0.3, 0.4) is 0 Å². The van der Waals surface area contributed by atoms with Crippen molar-refractivity contribution in [2.24, 2.45) is 0 Å². The monoisotopic (exact) mass is 271 g/mol. The minimum atomic E-state index is -1.05. The predicted octanol–water partition coefficient (Wildman–Crippen LogP) is 1.02. The van der Waals surface area contributed by atoms with E-state index in [1.54, 1.807) is 6.92 Å². The van der Waals surface area contributed by atoms with Gasteiger partial charge < -0.3 is 15.7 Å². The van der Waals surface area contributed by atoms with Crippen LogP contribution in [0.4, 0.5) is 0 Å². The van der Waals surface area contributed by atoms with Crippen LogP contribution >= 0.6 is 11.3 Å². The summed E-state index contributed by atoms with van der Waals surface area (Å²) in [5.41, 5.74) is 0.0141. The standard InChI is InChI=1S/C11H17N3O3S/c1-3-4-12-5-9(15)13-7(2)10-14-8(6-18-10)11(16)17/h6-7,12H,3-5H2,1-2H3,(H,13,15)(H,16,17). The number of amides is 1. The Labute approximate surface area is 109 Å². The maximum Gasteiger partial charge on any atom is 0.355 e. The smallest absolute Gasteiger partial charge is 0.355 e. The molecular formula is C11H17N3O3S. The normalized spacial score (nSPS) is 12.1. The molecule has 0 fully saturated rings. The van der Waals surface area contributed by atoms with Crippen LogP contribution < -0.4 is 10.6 Å². The SMILES string of the molecule is CCCNCC(=O)NC(C)c1nc(C(=O)O)cs1. The second-order valence-electron chi connectivity index (χ2n) is 3.84. The van der Waals surface area contributed by atoms with Crippen LogP contribution in [-0.2, 0) is 4.79 Å². The number of rotatable bonds is 7. The van der Waals surface area contributed by atoms with E-state index in [4.69, 9.17) is 5.11 Å². The molecule has 6 nitrogen and oxygen atoms in total. The zero-order chi connectivity index (χ0) is 13.5. The van der Waals surface area contributed by atoms with E-state index in [2.05, 4.69) is 15.6 Å². The fourth-order valence-corrected chi connectivity index (χ4v) is 2.12. The van der Waals surface area contributed by atoms with Crippen LogP contribution in [0.25, 0.3) is 0 Å². The zero-order valence-electron chi connectivity index (χ0n) is 10.4. The lowest BCUT2D eigenvalue weighted by atomic mass is 10.3. The molecule has 0 spiro atoms. The first kappa shape index (κ1) is 14.6. The molecule has 1 aromatic rings. The molecule has 1 atom stereocenters. The van der Waals surface area contributed by atoms with Crippen molar-refractivity contribution in [1.82, 2.24) is 15.6 Å². The highest BCUT2D eigenvalue weighted by Crippen LogP contribution is 2.17. The summed E-state index contributed by atoms with van der Waals surface area (Å²) in [6.07, 6.45) is 0.970. The van der Waals surface area contributed by atoms with Gasteiger partial charge in [0.1, 0.15) is 5.01 Å². The Morgan fingerprint density at radius 2 is 2.28 bits per heavy atom. The second kappa shape index (κ2) is 7.07. The van der Waals surface area contributed by atoms with Gasteiger partial charge in [-0.3, -0.25) is 4.79 Å². The van der Waals surface area contributed by atoms with E-state index < -0.39 is 5.97 Å². The predicted molar refractivity (Wildman–Crippen MR) is 68.8 cm³/mol. The molecule has 0 aliphatic rings. The molecule has 1 unspecified atom stereocenters. The quantitative estimate of drug-likeness (QED) is 0.644. The number of nitrogens with one attached hydrogen (secondary N) is 2. The van der Waals surface area contributed by atoms with E-state index in [9.17, 15) is 9.59 Å². The van der Waals surface area contributed by atoms with Crippen molar-refractivity contribution in [3.05, 3.63) is 16.1 Å². The van der Waals surface area contributed by atoms with Crippen molar-refractivity contribution in [2.45, 2.75) is 26.3 Å². The van der Waals surface area contributed by atoms with Gasteiger partial charge in [0.25, 0.3) is 0 Å². The first-order chi connectivity index (χ1) is 8.54. The van der Waals surface area contributed by atoms with Gasteiger partial charge in [0.2, 0.25) is 5.91 Å². The first-order valence-electron chi connectivity index (χ1n) is 5.73. The summed E-state index contributed by atoms with van der Waals surface area (Å²) < 4.78 is 0. The lowest BCUT2D eigenvalue weighted by molar-refractivity contribution is -0.120. The molecule has 1 amide bonds. The van der Waals surface area contributed by atoms with Crippen LogP contribution in [0.1, 0.15) is 41.8 Å². The molecule has 1 rings (SSSR count). The number of aromatic nitrogens is 1. The summed E-state index contributed by atoms with van der Waals surface area (Å²) >= 11 is 1.23. The van der Waals surface area contributed by atoms with Gasteiger partial charge in [-0.25, -0.2) is 9.78 Å².